The molecule has 1 aliphatic rings. The Balaban J connectivity index is 0.000000804. The third-order valence-corrected chi connectivity index (χ3v) is 4.77. The first kappa shape index (κ1) is 34.8. The summed E-state index contributed by atoms with van der Waals surface area (Å²) in [6.07, 6.45) is -4.48. The average Bonchev–Trinajstić information content (AvgIpc) is 2.83. The molecular weight excluding hydrogens is 526 g/mol. The number of nitrogens with zero attached hydrogens (tertiary/aromatic N) is 2. The van der Waals surface area contributed by atoms with Crippen LogP contribution < -0.4 is 15.8 Å². The number of aliphatic carboxylic acids is 2. The maximum absolute atomic E-state index is 10.6. The Morgan fingerprint density at radius 1 is 1.08 bits per heavy atom. The fourth-order valence-corrected chi connectivity index (χ4v) is 2.87. The van der Waals surface area contributed by atoms with Crippen molar-refractivity contribution in [2.24, 2.45) is 10.7 Å². The zero-order chi connectivity index (χ0) is 29.4. The molecule has 15 heteroatoms. The van der Waals surface area contributed by atoms with Crippen LogP contribution in [0.3, 0.4) is 0 Å². The first-order valence-electron chi connectivity index (χ1n) is 11.7. The lowest BCUT2D eigenvalue weighted by Gasteiger charge is -2.36. The van der Waals surface area contributed by atoms with E-state index in [1.807, 2.05) is 12.1 Å². The van der Waals surface area contributed by atoms with E-state index in [0.29, 0.717) is 12.6 Å². The number of piperidine rings is 1. The molecule has 0 aromatic heterocycles. The number of carbonyl (C=O) groups is 2. The molecule has 1 aromatic carbocycles. The predicted molar refractivity (Wildman–Crippen MR) is 129 cm³/mol. The number of likely N-dealkylation sites (tertiary alicyclic amines) is 1. The van der Waals surface area contributed by atoms with Crippen LogP contribution >= 0.6 is 0 Å². The van der Waals surface area contributed by atoms with Gasteiger partial charge in [0.05, 0.1) is 6.61 Å². The topological polar surface area (TPSA) is 137 Å². The predicted octanol–water partition coefficient (Wildman–Crippen LogP) is 4.73. The number of nitrogens with two attached hydrogens (primary N) is 1. The lowest BCUT2D eigenvalue weighted by Crippen LogP contribution is -2.45. The maximum atomic E-state index is 10.6. The van der Waals surface area contributed by atoms with Gasteiger partial charge >= 0.3 is 24.3 Å². The summed E-state index contributed by atoms with van der Waals surface area (Å²) >= 11 is 0. The van der Waals surface area contributed by atoms with Gasteiger partial charge in [0.25, 0.3) is 0 Å². The van der Waals surface area contributed by atoms with Crippen LogP contribution in [0.25, 0.3) is 0 Å². The Kier molecular flexibility index (Phi) is 15.8. The molecule has 0 amide bonds. The lowest BCUT2D eigenvalue weighted by molar-refractivity contribution is -0.193. The molecule has 1 unspecified atom stereocenters. The zero-order valence-electron chi connectivity index (χ0n) is 21.1. The Morgan fingerprint density at radius 3 is 2.03 bits per heavy atom. The van der Waals surface area contributed by atoms with Gasteiger partial charge in [-0.2, -0.15) is 26.3 Å². The Hall–Kier alpha value is -3.23. The highest BCUT2D eigenvalue weighted by molar-refractivity contribution is 5.94. The van der Waals surface area contributed by atoms with E-state index in [1.54, 1.807) is 0 Å². The summed E-state index contributed by atoms with van der Waals surface area (Å²) in [6, 6.07) is 8.65. The molecule has 1 fully saturated rings. The average molecular weight is 561 g/mol. The highest BCUT2D eigenvalue weighted by Crippen LogP contribution is 2.20. The lowest BCUT2D eigenvalue weighted by atomic mass is 10.0. The normalized spacial score (nSPS) is 15.9. The van der Waals surface area contributed by atoms with Crippen molar-refractivity contribution in [3.05, 3.63) is 24.3 Å². The van der Waals surface area contributed by atoms with Crippen molar-refractivity contribution in [1.29, 1.82) is 0 Å². The van der Waals surface area contributed by atoms with Crippen molar-refractivity contribution in [3.63, 3.8) is 0 Å². The van der Waals surface area contributed by atoms with E-state index in [2.05, 4.69) is 36.2 Å². The van der Waals surface area contributed by atoms with Crippen LogP contribution in [0.15, 0.2) is 29.3 Å². The Morgan fingerprint density at radius 2 is 1.61 bits per heavy atom. The monoisotopic (exact) mass is 560 g/mol. The molecule has 1 saturated heterocycles. The molecular formula is C23H34F6N4O5. The van der Waals surface area contributed by atoms with E-state index in [9.17, 15) is 26.3 Å². The number of carboxylic acids is 2. The SMILES string of the molecule is CCCOc1ccc(NC(=NCCCN)N2CCCCC2C)cc1.O=C(O)C(F)(F)F.O=C(O)C(F)(F)F. The third-order valence-electron chi connectivity index (χ3n) is 4.77. The molecule has 0 spiro atoms. The number of anilines is 1. The van der Waals surface area contributed by atoms with Gasteiger partial charge in [0.15, 0.2) is 5.96 Å². The molecule has 5 N–H and O–H groups in total. The number of guanidine groups is 1. The van der Waals surface area contributed by atoms with Crippen LogP contribution in [0.5, 0.6) is 5.75 Å². The number of hydrogen-bond donors (Lipinski definition) is 4. The molecule has 0 aliphatic carbocycles. The molecule has 0 radical (unpaired) electrons. The summed E-state index contributed by atoms with van der Waals surface area (Å²) in [5, 5.41) is 17.8. The summed E-state index contributed by atoms with van der Waals surface area (Å²) in [5.74, 6) is -3.63. The summed E-state index contributed by atoms with van der Waals surface area (Å²) in [7, 11) is 0. The molecule has 1 aromatic rings. The van der Waals surface area contributed by atoms with E-state index in [0.717, 1.165) is 49.9 Å². The minimum Gasteiger partial charge on any atom is -0.494 e. The van der Waals surface area contributed by atoms with Crippen molar-refractivity contribution in [1.82, 2.24) is 4.90 Å². The van der Waals surface area contributed by atoms with Crippen LogP contribution in [0, 0.1) is 0 Å². The number of carboxylic acid groups (broad SMARTS) is 2. The quantitative estimate of drug-likeness (QED) is 0.163. The van der Waals surface area contributed by atoms with Gasteiger partial charge in [-0.25, -0.2) is 9.59 Å². The van der Waals surface area contributed by atoms with Gasteiger partial charge in [-0.15, -0.1) is 0 Å². The van der Waals surface area contributed by atoms with Gasteiger partial charge in [-0.1, -0.05) is 6.92 Å². The fraction of sp³-hybridized carbons (Fsp3) is 0.609. The number of halogens is 6. The smallest absolute Gasteiger partial charge is 0.490 e. The Bertz CT molecular complexity index is 839. The van der Waals surface area contributed by atoms with Crippen molar-refractivity contribution in [3.8, 4) is 5.75 Å². The van der Waals surface area contributed by atoms with Gasteiger partial charge in [0.2, 0.25) is 0 Å². The molecule has 38 heavy (non-hydrogen) atoms. The maximum Gasteiger partial charge on any atom is 0.490 e. The number of ether oxygens (including phenoxy) is 1. The first-order chi connectivity index (χ1) is 17.6. The minimum atomic E-state index is -5.08. The number of alkyl halides is 6. The van der Waals surface area contributed by atoms with Gasteiger partial charge < -0.3 is 30.9 Å². The molecule has 0 saturated carbocycles. The van der Waals surface area contributed by atoms with Crippen molar-refractivity contribution >= 4 is 23.6 Å². The largest absolute Gasteiger partial charge is 0.494 e. The third kappa shape index (κ3) is 15.1. The molecule has 1 atom stereocenters. The number of benzene rings is 1. The summed E-state index contributed by atoms with van der Waals surface area (Å²) < 4.78 is 69.1. The Labute approximate surface area is 216 Å². The number of nitrogens with one attached hydrogen (secondary N) is 1. The van der Waals surface area contributed by atoms with Crippen LogP contribution in [0.4, 0.5) is 32.0 Å². The van der Waals surface area contributed by atoms with Gasteiger partial charge in [0.1, 0.15) is 5.75 Å². The van der Waals surface area contributed by atoms with Crippen molar-refractivity contribution < 1.29 is 50.9 Å². The molecule has 1 heterocycles. The number of rotatable bonds is 7. The highest BCUT2D eigenvalue weighted by atomic mass is 19.4. The molecule has 9 nitrogen and oxygen atoms in total. The van der Waals surface area contributed by atoms with E-state index < -0.39 is 24.3 Å². The second-order valence-corrected chi connectivity index (χ2v) is 7.99. The molecule has 1 aliphatic heterocycles. The van der Waals surface area contributed by atoms with Gasteiger partial charge in [-0.05, 0) is 69.8 Å². The van der Waals surface area contributed by atoms with Crippen LogP contribution in [0.1, 0.15) is 46.0 Å². The standard InChI is InChI=1S/C19H32N4O.2C2HF3O2/c1-3-15-24-18-10-8-17(9-11-18)22-19(21-13-6-12-20)23-14-5-4-7-16(23)2;2*3-2(4,5)1(6)7/h8-11,16H,3-7,12-15,20H2,1-2H3,(H,21,22);2*(H,6,7). The van der Waals surface area contributed by atoms with E-state index in [-0.39, 0.29) is 0 Å². The zero-order valence-corrected chi connectivity index (χ0v) is 21.1. The first-order valence-corrected chi connectivity index (χ1v) is 11.7. The summed E-state index contributed by atoms with van der Waals surface area (Å²) in [4.78, 5) is 25.0. The molecule has 218 valence electrons. The van der Waals surface area contributed by atoms with Crippen molar-refractivity contribution in [2.75, 3.05) is 31.6 Å². The van der Waals surface area contributed by atoms with E-state index in [1.165, 1.54) is 19.3 Å². The number of hydrogen-bond acceptors (Lipinski definition) is 5. The second kappa shape index (κ2) is 17.3. The minimum absolute atomic E-state index is 0.523. The van der Waals surface area contributed by atoms with Crippen LogP contribution in [-0.2, 0) is 9.59 Å². The van der Waals surface area contributed by atoms with Crippen LogP contribution in [-0.4, -0.2) is 77.6 Å². The number of aliphatic imine (C=N–C) groups is 1. The van der Waals surface area contributed by atoms with Crippen molar-refractivity contribution in [2.45, 2.75) is 64.3 Å². The second-order valence-electron chi connectivity index (χ2n) is 7.99. The van der Waals surface area contributed by atoms with E-state index in [4.69, 9.17) is 35.3 Å². The van der Waals surface area contributed by atoms with Gasteiger partial charge in [-0.3, -0.25) is 4.99 Å². The summed E-state index contributed by atoms with van der Waals surface area (Å²) in [6.45, 7) is 7.65. The fourth-order valence-electron chi connectivity index (χ4n) is 2.87. The molecule has 0 bridgehead atoms. The summed E-state index contributed by atoms with van der Waals surface area (Å²) in [5.41, 5.74) is 6.66. The van der Waals surface area contributed by atoms with Gasteiger partial charge in [0, 0.05) is 24.8 Å². The highest BCUT2D eigenvalue weighted by Gasteiger charge is 2.38. The van der Waals surface area contributed by atoms with Crippen LogP contribution in [0.2, 0.25) is 0 Å². The molecule has 2 rings (SSSR count). The van der Waals surface area contributed by atoms with E-state index >= 15 is 0 Å².